The number of benzene rings is 1. The lowest BCUT2D eigenvalue weighted by molar-refractivity contribution is -0.159. The smallest absolute Gasteiger partial charge is 0.184 e. The largest absolute Gasteiger partial charge is 0.415 e. The van der Waals surface area contributed by atoms with E-state index in [1.165, 1.54) is 0 Å². The van der Waals surface area contributed by atoms with Gasteiger partial charge >= 0.3 is 0 Å². The van der Waals surface area contributed by atoms with Crippen LogP contribution in [0.2, 0.25) is 58.9 Å². The second-order valence-electron chi connectivity index (χ2n) is 16.1. The molecule has 8 nitrogen and oxygen atoms in total. The van der Waals surface area contributed by atoms with Gasteiger partial charge < -0.3 is 32.8 Å². The van der Waals surface area contributed by atoms with Gasteiger partial charge in [-0.2, -0.15) is 0 Å². The lowest BCUT2D eigenvalue weighted by Crippen LogP contribution is -2.58. The third kappa shape index (κ3) is 11.7. The van der Waals surface area contributed by atoms with Gasteiger partial charge in [0.05, 0.1) is 43.2 Å². The van der Waals surface area contributed by atoms with Gasteiger partial charge in [-0.15, -0.1) is 0 Å². The van der Waals surface area contributed by atoms with Gasteiger partial charge in [-0.3, -0.25) is 4.79 Å². The third-order valence-corrected chi connectivity index (χ3v) is 11.3. The number of hydrogen-bond acceptors (Lipinski definition) is 8. The first-order valence-corrected chi connectivity index (χ1v) is 26.6. The van der Waals surface area contributed by atoms with Crippen LogP contribution < -0.4 is 4.90 Å². The number of aliphatic hydroxyl groups excluding tert-OH is 1. The number of Topliss-reactive ketones (excluding diaryl/α,β-unsaturated/α-hetero) is 1. The van der Waals surface area contributed by atoms with Crippen molar-refractivity contribution in [2.45, 2.75) is 135 Å². The number of ether oxygens (including phenoxy) is 2. The first-order valence-electron chi connectivity index (χ1n) is 16.4. The van der Waals surface area contributed by atoms with E-state index in [9.17, 15) is 9.90 Å². The Labute approximate surface area is 270 Å². The number of aliphatic hydroxyl groups is 1. The molecule has 1 unspecified atom stereocenters. The molecular formula is C33H61NO7Si3. The van der Waals surface area contributed by atoms with Crippen molar-refractivity contribution in [3.05, 3.63) is 29.8 Å². The molecule has 252 valence electrons. The first kappa shape index (κ1) is 37.6. The van der Waals surface area contributed by atoms with Crippen LogP contribution >= 0.6 is 0 Å². The molecule has 1 N–H and O–H groups in total. The zero-order valence-corrected chi connectivity index (χ0v) is 32.7. The van der Waals surface area contributed by atoms with Gasteiger partial charge in [-0.25, -0.2) is 0 Å². The van der Waals surface area contributed by atoms with Gasteiger partial charge in [0.25, 0.3) is 0 Å². The van der Waals surface area contributed by atoms with Gasteiger partial charge in [0, 0.05) is 57.0 Å². The Morgan fingerprint density at radius 1 is 0.909 bits per heavy atom. The number of rotatable bonds is 16. The number of carbonyl (C=O) groups is 1. The van der Waals surface area contributed by atoms with Crippen molar-refractivity contribution in [2.75, 3.05) is 25.6 Å². The van der Waals surface area contributed by atoms with Crippen LogP contribution in [0.25, 0.3) is 0 Å². The molecule has 0 aromatic heterocycles. The summed E-state index contributed by atoms with van der Waals surface area (Å²) in [5.41, 5.74) is 1.80. The van der Waals surface area contributed by atoms with E-state index in [1.54, 1.807) is 0 Å². The van der Waals surface area contributed by atoms with E-state index in [-0.39, 0.29) is 67.1 Å². The van der Waals surface area contributed by atoms with Crippen molar-refractivity contribution in [3.8, 4) is 0 Å². The first-order chi connectivity index (χ1) is 20.1. The molecule has 3 rings (SSSR count). The normalized spacial score (nSPS) is 28.3. The van der Waals surface area contributed by atoms with Crippen LogP contribution in [0.5, 0.6) is 0 Å². The molecule has 0 amide bonds. The minimum absolute atomic E-state index is 0.00738. The summed E-state index contributed by atoms with van der Waals surface area (Å²) in [7, 11) is -1.70. The number of hydrogen-bond donors (Lipinski definition) is 1. The van der Waals surface area contributed by atoms with Crippen LogP contribution in [0.4, 0.5) is 5.69 Å². The number of anilines is 1. The molecule has 2 heterocycles. The summed E-state index contributed by atoms with van der Waals surface area (Å²) in [6.07, 6.45) is -0.105. The lowest BCUT2D eigenvalue weighted by Gasteiger charge is -2.47. The van der Waals surface area contributed by atoms with Gasteiger partial charge in [-0.05, 0) is 83.5 Å². The lowest BCUT2D eigenvalue weighted by atomic mass is 9.85. The number of epoxide rings is 1. The van der Waals surface area contributed by atoms with Crippen LogP contribution in [-0.2, 0) is 27.5 Å². The number of ketones is 1. The Morgan fingerprint density at radius 3 is 2.00 bits per heavy atom. The Bertz CT molecular complexity index is 1070. The van der Waals surface area contributed by atoms with Crippen LogP contribution in [0.15, 0.2) is 24.3 Å². The minimum Gasteiger partial charge on any atom is -0.415 e. The van der Waals surface area contributed by atoms with Crippen LogP contribution in [0.1, 0.15) is 44.8 Å². The second-order valence-corrected chi connectivity index (χ2v) is 29.5. The van der Waals surface area contributed by atoms with Crippen LogP contribution in [-0.4, -0.2) is 93.2 Å². The summed E-state index contributed by atoms with van der Waals surface area (Å²) < 4.78 is 32.8. The predicted molar refractivity (Wildman–Crippen MR) is 186 cm³/mol. The topological polar surface area (TPSA) is 90.0 Å². The fourth-order valence-corrected chi connectivity index (χ4v) is 9.67. The summed E-state index contributed by atoms with van der Waals surface area (Å²) in [6, 6.07) is 7.71. The summed E-state index contributed by atoms with van der Waals surface area (Å²) in [5.74, 6) is 0.153. The van der Waals surface area contributed by atoms with E-state index in [2.05, 4.69) is 72.8 Å². The SMILES string of the molecule is C[C@@H]([C@@H]1O[C@H]1C[C@@H]1OC[C@H](CC(=O)CC(O)c2ccc(N(C)C)cc2)[C@@H](O[Si](C)(C)C)[C@@H]1O[Si](C)(C)C)[C@H](C)O[Si](C)(C)C. The quantitative estimate of drug-likeness (QED) is 0.155. The van der Waals surface area contributed by atoms with Crippen molar-refractivity contribution < 1.29 is 32.7 Å². The van der Waals surface area contributed by atoms with Crippen molar-refractivity contribution in [1.29, 1.82) is 0 Å². The standard InChI is InChI=1S/C33H61NO7Si3/c1-22(23(2)39-42(5,6)7)31-30(38-31)20-29-33(41-44(11,12)13)32(40-43(8,9)10)25(21-37-29)18-27(35)19-28(36)24-14-16-26(17-15-24)34(3)4/h14-17,22-23,25,28-33,36H,18-21H2,1-13H3/t22-,23+,25+,28?,29+,30+,31+,32-,33-/m1/s1. The maximum atomic E-state index is 13.4. The molecule has 9 atom stereocenters. The molecule has 44 heavy (non-hydrogen) atoms. The van der Waals surface area contributed by atoms with Crippen molar-refractivity contribution in [3.63, 3.8) is 0 Å². The fraction of sp³-hybridized carbons (Fsp3) is 0.788. The zero-order chi connectivity index (χ0) is 33.2. The molecule has 0 saturated carbocycles. The average molecular weight is 668 g/mol. The molecule has 2 saturated heterocycles. The number of nitrogens with zero attached hydrogens (tertiary/aromatic N) is 1. The van der Waals surface area contributed by atoms with Gasteiger partial charge in [-0.1, -0.05) is 19.1 Å². The van der Waals surface area contributed by atoms with Crippen LogP contribution in [0.3, 0.4) is 0 Å². The minimum atomic E-state index is -2.01. The van der Waals surface area contributed by atoms with Crippen molar-refractivity contribution >= 4 is 36.4 Å². The van der Waals surface area contributed by atoms with Crippen molar-refractivity contribution in [1.82, 2.24) is 0 Å². The summed E-state index contributed by atoms with van der Waals surface area (Å²) >= 11 is 0. The van der Waals surface area contributed by atoms with E-state index in [4.69, 9.17) is 22.8 Å². The van der Waals surface area contributed by atoms with E-state index in [0.29, 0.717) is 6.61 Å². The van der Waals surface area contributed by atoms with E-state index in [0.717, 1.165) is 17.7 Å². The second kappa shape index (κ2) is 14.9. The highest BCUT2D eigenvalue weighted by Gasteiger charge is 2.52. The molecule has 2 aliphatic heterocycles. The van der Waals surface area contributed by atoms with Crippen molar-refractivity contribution in [2.24, 2.45) is 11.8 Å². The highest BCUT2D eigenvalue weighted by molar-refractivity contribution is 6.70. The molecule has 2 aliphatic rings. The molecule has 1 aromatic rings. The van der Waals surface area contributed by atoms with Crippen LogP contribution in [0, 0.1) is 11.8 Å². The fourth-order valence-electron chi connectivity index (χ4n) is 6.09. The maximum Gasteiger partial charge on any atom is 0.184 e. The molecule has 0 aliphatic carbocycles. The molecule has 0 spiro atoms. The molecule has 11 heteroatoms. The van der Waals surface area contributed by atoms with Gasteiger partial charge in [0.1, 0.15) is 5.78 Å². The molecule has 1 aromatic carbocycles. The third-order valence-electron chi connectivity index (χ3n) is 8.25. The maximum absolute atomic E-state index is 13.4. The highest BCUT2D eigenvalue weighted by Crippen LogP contribution is 2.41. The van der Waals surface area contributed by atoms with Gasteiger partial charge in [0.15, 0.2) is 25.0 Å². The summed E-state index contributed by atoms with van der Waals surface area (Å²) in [6.45, 7) is 24.6. The summed E-state index contributed by atoms with van der Waals surface area (Å²) in [5, 5.41) is 10.9. The average Bonchev–Trinajstić information content (AvgIpc) is 3.63. The van der Waals surface area contributed by atoms with E-state index < -0.39 is 31.1 Å². The Kier molecular flexibility index (Phi) is 12.7. The molecular weight excluding hydrogens is 607 g/mol. The van der Waals surface area contributed by atoms with Gasteiger partial charge in [0.2, 0.25) is 0 Å². The highest BCUT2D eigenvalue weighted by atomic mass is 28.4. The zero-order valence-electron chi connectivity index (χ0n) is 29.7. The number of carbonyl (C=O) groups excluding carboxylic acids is 1. The van der Waals surface area contributed by atoms with E-state index in [1.807, 2.05) is 43.3 Å². The molecule has 0 radical (unpaired) electrons. The predicted octanol–water partition coefficient (Wildman–Crippen LogP) is 6.62. The summed E-state index contributed by atoms with van der Waals surface area (Å²) in [4.78, 5) is 15.4. The Morgan fingerprint density at radius 2 is 1.48 bits per heavy atom. The molecule has 0 bridgehead atoms. The monoisotopic (exact) mass is 667 g/mol. The molecule has 2 fully saturated rings. The van der Waals surface area contributed by atoms with E-state index >= 15 is 0 Å². The Hall–Kier alpha value is -0.899. The Balaban J connectivity index is 1.73.